The lowest BCUT2D eigenvalue weighted by Crippen LogP contribution is -2.55. The zero-order chi connectivity index (χ0) is 42.2. The summed E-state index contributed by atoms with van der Waals surface area (Å²) >= 11 is 5.70. The van der Waals surface area contributed by atoms with E-state index in [1.807, 2.05) is 43.3 Å². The molecular formula is C43H46F3N7O5S. The zero-order valence-electron chi connectivity index (χ0n) is 33.2. The molecule has 0 saturated carbocycles. The van der Waals surface area contributed by atoms with Gasteiger partial charge in [-0.1, -0.05) is 31.2 Å². The fourth-order valence-electron chi connectivity index (χ4n) is 8.83. The molecule has 4 aliphatic rings. The molecule has 59 heavy (non-hydrogen) atoms. The number of carbonyl (C=O) groups excluding carboxylic acids is 4. The number of ether oxygens (including phenoxy) is 1. The van der Waals surface area contributed by atoms with E-state index >= 15 is 0 Å². The van der Waals surface area contributed by atoms with E-state index in [0.29, 0.717) is 63.2 Å². The molecule has 3 aromatic rings. The second-order valence-electron chi connectivity index (χ2n) is 16.2. The number of imide groups is 1. The Morgan fingerprint density at radius 1 is 1.03 bits per heavy atom. The summed E-state index contributed by atoms with van der Waals surface area (Å²) < 4.78 is 47.6. The Balaban J connectivity index is 0.931. The first kappa shape index (κ1) is 41.9. The summed E-state index contributed by atoms with van der Waals surface area (Å²) in [6, 6.07) is 16.0. The number of nitrogens with zero attached hydrogens (tertiary/aromatic N) is 6. The number of hydrogen-bond donors (Lipinski definition) is 1. The third-order valence-corrected chi connectivity index (χ3v) is 12.2. The van der Waals surface area contributed by atoms with Gasteiger partial charge >= 0.3 is 6.18 Å². The number of halogens is 3. The van der Waals surface area contributed by atoms with Crippen LogP contribution in [0.3, 0.4) is 0 Å². The van der Waals surface area contributed by atoms with Gasteiger partial charge in [0, 0.05) is 56.2 Å². The molecule has 1 N–H and O–H groups in total. The summed E-state index contributed by atoms with van der Waals surface area (Å²) in [6.07, 6.45) is 0.589. The number of alkyl halides is 3. The molecule has 3 unspecified atom stereocenters. The van der Waals surface area contributed by atoms with Gasteiger partial charge in [-0.2, -0.15) is 18.4 Å². The number of amides is 3. The molecule has 12 nitrogen and oxygen atoms in total. The number of piperazine rings is 1. The Kier molecular flexibility index (Phi) is 11.9. The Labute approximate surface area is 346 Å². The summed E-state index contributed by atoms with van der Waals surface area (Å²) in [7, 11) is 0. The number of pyridine rings is 1. The number of likely N-dealkylation sites (tertiary alicyclic amines) is 1. The highest BCUT2D eigenvalue weighted by atomic mass is 32.1. The van der Waals surface area contributed by atoms with Crippen molar-refractivity contribution in [2.75, 3.05) is 42.6 Å². The van der Waals surface area contributed by atoms with Gasteiger partial charge in [-0.05, 0) is 99.1 Å². The lowest BCUT2D eigenvalue weighted by molar-refractivity contribution is -0.138. The number of Topliss-reactive ketones (excluding diaryl/α,β-unsaturated/α-hetero) is 1. The van der Waals surface area contributed by atoms with Crippen molar-refractivity contribution in [1.29, 1.82) is 5.26 Å². The lowest BCUT2D eigenvalue weighted by atomic mass is 9.90. The molecule has 4 fully saturated rings. The molecule has 4 aliphatic heterocycles. The van der Waals surface area contributed by atoms with Crippen LogP contribution in [0.5, 0.6) is 5.75 Å². The van der Waals surface area contributed by atoms with Gasteiger partial charge < -0.3 is 9.64 Å². The number of fused-ring (bicyclic) bond motifs is 2. The smallest absolute Gasteiger partial charge is 0.419 e. The summed E-state index contributed by atoms with van der Waals surface area (Å²) in [5, 5.41) is 11.6. The maximum atomic E-state index is 13.8. The van der Waals surface area contributed by atoms with Crippen molar-refractivity contribution in [1.82, 2.24) is 20.1 Å². The second-order valence-corrected chi connectivity index (χ2v) is 16.6. The highest BCUT2D eigenvalue weighted by Crippen LogP contribution is 2.40. The molecule has 1 aromatic heterocycles. The summed E-state index contributed by atoms with van der Waals surface area (Å²) in [5.74, 6) is -0.403. The van der Waals surface area contributed by atoms with Gasteiger partial charge in [-0.25, -0.2) is 4.98 Å². The SMILES string of the molecule is CCc1cc(N2C(=S)N(c3cnc(C#N)c(C(F)(F)F)c3)C(=O)C2(C)C)ccc1OCCN1CC2CCC(C1)N2CC(=O)Cc1cccc(CC2CCC(=O)NC2=O)c1. The average molecular weight is 830 g/mol. The van der Waals surface area contributed by atoms with Crippen LogP contribution in [0.15, 0.2) is 54.7 Å². The van der Waals surface area contributed by atoms with E-state index in [0.717, 1.165) is 59.8 Å². The minimum Gasteiger partial charge on any atom is -0.492 e. The number of aryl methyl sites for hydroxylation is 1. The largest absolute Gasteiger partial charge is 0.492 e. The summed E-state index contributed by atoms with van der Waals surface area (Å²) in [6.45, 7) is 8.47. The zero-order valence-corrected chi connectivity index (χ0v) is 34.0. The number of nitriles is 1. The maximum Gasteiger partial charge on any atom is 0.419 e. The molecule has 0 radical (unpaired) electrons. The number of aromatic nitrogens is 1. The number of thiocarbonyl (C=S) groups is 1. The third kappa shape index (κ3) is 8.73. The van der Waals surface area contributed by atoms with Crippen molar-refractivity contribution >= 4 is 52.2 Å². The first-order valence-electron chi connectivity index (χ1n) is 19.9. The molecule has 7 rings (SSSR count). The minimum absolute atomic E-state index is 0.0120. The van der Waals surface area contributed by atoms with E-state index in [4.69, 9.17) is 17.0 Å². The molecule has 4 saturated heterocycles. The first-order chi connectivity index (χ1) is 28.1. The molecule has 3 amide bonds. The maximum absolute atomic E-state index is 13.8. The number of anilines is 2. The number of rotatable bonds is 13. The van der Waals surface area contributed by atoms with E-state index in [-0.39, 0.29) is 46.4 Å². The van der Waals surface area contributed by atoms with Crippen LogP contribution in [0, 0.1) is 17.2 Å². The number of ketones is 1. The molecule has 5 heterocycles. The standard InChI is InChI=1S/C43H46F3N7O5S/c1-4-28-19-30(53-41(59)52(40(57)42(53,2)3)33-20-35(43(44,45)46)36(21-47)48-22-33)11-12-37(28)58-15-14-50-23-31-9-10-32(24-50)51(31)25-34(54)18-27-7-5-6-26(16-27)17-29-8-13-38(55)49-39(29)56/h5-7,11-12,16,19-20,22,29,31-32H,4,8-10,13-15,17-18,23-25H2,1-3H3,(H,49,55,56). The number of benzene rings is 2. The monoisotopic (exact) mass is 829 g/mol. The van der Waals surface area contributed by atoms with Crippen LogP contribution < -0.4 is 19.9 Å². The number of hydrogen-bond acceptors (Lipinski definition) is 10. The van der Waals surface area contributed by atoms with Crippen molar-refractivity contribution in [2.45, 2.75) is 89.5 Å². The predicted octanol–water partition coefficient (Wildman–Crippen LogP) is 5.39. The Morgan fingerprint density at radius 2 is 1.76 bits per heavy atom. The van der Waals surface area contributed by atoms with Crippen LogP contribution in [0.1, 0.15) is 74.4 Å². The molecular weight excluding hydrogens is 784 g/mol. The van der Waals surface area contributed by atoms with Gasteiger partial charge in [0.05, 0.1) is 24.0 Å². The Morgan fingerprint density at radius 3 is 2.44 bits per heavy atom. The molecule has 0 spiro atoms. The van der Waals surface area contributed by atoms with Crippen LogP contribution in [0.25, 0.3) is 0 Å². The number of carbonyl (C=O) groups is 4. The van der Waals surface area contributed by atoms with Crippen LogP contribution in [0.2, 0.25) is 0 Å². The molecule has 2 bridgehead atoms. The van der Waals surface area contributed by atoms with E-state index in [9.17, 15) is 37.6 Å². The minimum atomic E-state index is -4.85. The van der Waals surface area contributed by atoms with E-state index in [1.165, 1.54) is 6.07 Å². The second kappa shape index (κ2) is 16.8. The van der Waals surface area contributed by atoms with Crippen molar-refractivity contribution in [2.24, 2.45) is 5.92 Å². The molecule has 16 heteroatoms. The van der Waals surface area contributed by atoms with Gasteiger partial charge in [0.15, 0.2) is 16.6 Å². The Hall–Kier alpha value is -5.24. The van der Waals surface area contributed by atoms with Gasteiger partial charge in [0.1, 0.15) is 24.0 Å². The van der Waals surface area contributed by atoms with Crippen LogP contribution >= 0.6 is 12.2 Å². The number of piperidine rings is 1. The molecule has 3 atom stereocenters. The van der Waals surface area contributed by atoms with Gasteiger partial charge in [-0.3, -0.25) is 39.2 Å². The van der Waals surface area contributed by atoms with Crippen LogP contribution in [0.4, 0.5) is 24.5 Å². The lowest BCUT2D eigenvalue weighted by Gasteiger charge is -2.40. The van der Waals surface area contributed by atoms with Crippen LogP contribution in [-0.2, 0) is 44.6 Å². The topological polar surface area (TPSA) is 139 Å². The fourth-order valence-corrected chi connectivity index (χ4v) is 9.36. The molecule has 0 aliphatic carbocycles. The predicted molar refractivity (Wildman–Crippen MR) is 217 cm³/mol. The molecule has 2 aromatic carbocycles. The van der Waals surface area contributed by atoms with Crippen molar-refractivity contribution in [3.8, 4) is 11.8 Å². The van der Waals surface area contributed by atoms with Gasteiger partial charge in [0.2, 0.25) is 11.8 Å². The van der Waals surface area contributed by atoms with Gasteiger partial charge in [-0.15, -0.1) is 0 Å². The Bertz CT molecular complexity index is 2210. The van der Waals surface area contributed by atoms with Crippen molar-refractivity contribution in [3.63, 3.8) is 0 Å². The summed E-state index contributed by atoms with van der Waals surface area (Å²) in [4.78, 5) is 61.9. The first-order valence-corrected chi connectivity index (χ1v) is 20.3. The van der Waals surface area contributed by atoms with Gasteiger partial charge in [0.25, 0.3) is 5.91 Å². The molecule has 310 valence electrons. The van der Waals surface area contributed by atoms with Crippen molar-refractivity contribution < 1.29 is 37.1 Å². The quantitative estimate of drug-likeness (QED) is 0.176. The van der Waals surface area contributed by atoms with E-state index in [2.05, 4.69) is 20.1 Å². The third-order valence-electron chi connectivity index (χ3n) is 11.9. The normalized spacial score (nSPS) is 22.2. The van der Waals surface area contributed by atoms with E-state index in [1.54, 1.807) is 24.8 Å². The fraction of sp³-hybridized carbons (Fsp3) is 0.465. The average Bonchev–Trinajstić information content (AvgIpc) is 3.51. The van der Waals surface area contributed by atoms with Crippen molar-refractivity contribution in [3.05, 3.63) is 82.7 Å². The highest BCUT2D eigenvalue weighted by molar-refractivity contribution is 7.81. The van der Waals surface area contributed by atoms with Crippen LogP contribution in [-0.4, -0.2) is 93.8 Å². The highest BCUT2D eigenvalue weighted by Gasteiger charge is 2.51. The summed E-state index contributed by atoms with van der Waals surface area (Å²) in [5.41, 5.74) is -0.0933. The van der Waals surface area contributed by atoms with E-state index < -0.39 is 28.9 Å². The number of nitrogens with one attached hydrogen (secondary N) is 1.